The van der Waals surface area contributed by atoms with Crippen molar-refractivity contribution in [2.24, 2.45) is 63.1 Å². The Hall–Kier alpha value is -9.00. The summed E-state index contributed by atoms with van der Waals surface area (Å²) in [6.45, 7) is 28.4. The van der Waals surface area contributed by atoms with Gasteiger partial charge in [-0.1, -0.05) is 97.1 Å². The molecule has 4 aliphatic heterocycles. The fourth-order valence-corrected chi connectivity index (χ4v) is 16.8. The van der Waals surface area contributed by atoms with Crippen molar-refractivity contribution in [3.05, 3.63) is 239 Å². The van der Waals surface area contributed by atoms with Gasteiger partial charge in [-0.3, -0.25) is 24.5 Å². The van der Waals surface area contributed by atoms with Gasteiger partial charge < -0.3 is 167 Å². The van der Waals surface area contributed by atoms with E-state index in [2.05, 4.69) is 191 Å². The van der Waals surface area contributed by atoms with Gasteiger partial charge in [0.2, 0.25) is 0 Å². The highest BCUT2D eigenvalue weighted by molar-refractivity contribution is 5.51. The molecular weight excluding hydrogens is 1850 g/mol. The molecule has 8 aromatic rings. The predicted octanol–water partition coefficient (Wildman–Crippen LogP) is 0.770. The molecule has 0 amide bonds. The van der Waals surface area contributed by atoms with Crippen molar-refractivity contribution in [3.8, 4) is 46.0 Å². The molecule has 9 unspecified atom stereocenters. The average molecular weight is 2020 g/mol. The van der Waals surface area contributed by atoms with Gasteiger partial charge in [-0.25, -0.2) is 0 Å². The maximum Gasteiger partial charge on any atom is 0.119 e. The van der Waals surface area contributed by atoms with Crippen LogP contribution in [0.15, 0.2) is 194 Å². The van der Waals surface area contributed by atoms with Crippen LogP contribution >= 0.6 is 0 Å². The molecule has 0 spiro atoms. The summed E-state index contributed by atoms with van der Waals surface area (Å²) in [7, 11) is 1.00. The molecule has 8 aromatic carbocycles. The number of rotatable bonds is 77. The van der Waals surface area contributed by atoms with Crippen LogP contribution in [0.1, 0.15) is 74.6 Å². The molecule has 4 aliphatic rings. The summed E-state index contributed by atoms with van der Waals surface area (Å²) in [6.07, 6.45) is -1.09. The Morgan fingerprint density at radius 2 is 0.400 bits per heavy atom. The van der Waals surface area contributed by atoms with Crippen LogP contribution in [0, 0.1) is 0 Å². The van der Waals surface area contributed by atoms with Gasteiger partial charge in [-0.05, 0) is 142 Å². The first-order valence-electron chi connectivity index (χ1n) is 51.7. The van der Waals surface area contributed by atoms with E-state index in [-0.39, 0.29) is 68.4 Å². The maximum atomic E-state index is 10.9. The second-order valence-electron chi connectivity index (χ2n) is 36.4. The molecule has 145 heavy (non-hydrogen) atoms. The lowest BCUT2D eigenvalue weighted by molar-refractivity contribution is 0.105. The van der Waals surface area contributed by atoms with E-state index in [0.29, 0.717) is 180 Å². The summed E-state index contributed by atoms with van der Waals surface area (Å²) < 4.78 is 70.0. The van der Waals surface area contributed by atoms with Crippen LogP contribution in [-0.2, 0) is 18.9 Å². The van der Waals surface area contributed by atoms with Gasteiger partial charge in [-0.15, -0.1) is 0 Å². The van der Waals surface area contributed by atoms with Gasteiger partial charge in [0.05, 0.1) is 39.1 Å². The number of epoxide rings is 4. The molecule has 9 atom stereocenters. The van der Waals surface area contributed by atoms with Crippen molar-refractivity contribution < 1.29 is 82.4 Å². The standard InChI is InChI=1S/C62H110N16O8.C39H40O8.C6H18N4.CH4O/c63-17-29-75(30-18-64)37-25-71-41-53(79)45-83-57-9-1-49(2-10-57)61(50-3-11-58(12-4-50)84-46-54(80)42-72-26-38-76(31-19-65)32-20-66)62(51-5-13-59(14-6-51)85-47-55(81)43-73-27-39-77(33-21-67)34-22-68)52-7-15-60(16-8-52)86-48-56(82)44-74-28-40-78(35-23-69)36-24-70;1-9-30(40-18-17-34-19-44-34)10-2-26(1)38(27-3-11-31(12-4-27)41-20-35-23-45-35)39(28-5-13-32(14-6-28)42-21-36-24-46-36)29-7-15-33(16-8-29)43-22-37-25-47-37;7-1-4-10(5-2-8)6-3-9;1-2/h1-16,53-56,61-62,71-74,79-82H,17-48,63-70H2;1-16,34-39H,17-25H2;1-9H2;2H,1H3. The van der Waals surface area contributed by atoms with Gasteiger partial charge >= 0.3 is 0 Å². The summed E-state index contributed by atoms with van der Waals surface area (Å²) in [5.41, 5.74) is 71.0. The molecule has 37 heteroatoms. The number of hydrogen-bond acceptors (Lipinski definition) is 37. The van der Waals surface area contributed by atoms with Gasteiger partial charge in [0.15, 0.2) is 0 Å². The molecule has 0 saturated carbocycles. The minimum Gasteiger partial charge on any atom is -0.493 e. The summed E-state index contributed by atoms with van der Waals surface area (Å²) in [6, 6.07) is 65.9. The van der Waals surface area contributed by atoms with Crippen molar-refractivity contribution in [1.82, 2.24) is 45.8 Å². The van der Waals surface area contributed by atoms with Crippen LogP contribution in [0.2, 0.25) is 0 Å². The Bertz CT molecular complexity index is 4170. The first kappa shape index (κ1) is 120. The highest BCUT2D eigenvalue weighted by Crippen LogP contribution is 2.47. The quantitative estimate of drug-likeness (QED) is 0.0185. The van der Waals surface area contributed by atoms with Crippen molar-refractivity contribution in [3.63, 3.8) is 0 Å². The maximum absolute atomic E-state index is 10.9. The van der Waals surface area contributed by atoms with E-state index in [1.54, 1.807) is 0 Å². The van der Waals surface area contributed by atoms with Crippen LogP contribution in [0.25, 0.3) is 0 Å². The first-order chi connectivity index (χ1) is 71.0. The minimum atomic E-state index is -0.741. The normalized spacial score (nSPS) is 16.6. The Balaban J connectivity index is 0.000000326. The fourth-order valence-electron chi connectivity index (χ4n) is 16.8. The largest absolute Gasteiger partial charge is 0.493 e. The lowest BCUT2D eigenvalue weighted by Crippen LogP contribution is -2.40. The van der Waals surface area contributed by atoms with Gasteiger partial charge in [0.1, 0.15) is 135 Å². The second-order valence-corrected chi connectivity index (χ2v) is 36.4. The molecule has 4 fully saturated rings. The summed E-state index contributed by atoms with van der Waals surface area (Å²) >= 11 is 0. The third kappa shape index (κ3) is 47.2. The molecule has 0 aromatic heterocycles. The van der Waals surface area contributed by atoms with Gasteiger partial charge in [0.25, 0.3) is 0 Å². The van der Waals surface area contributed by atoms with Crippen molar-refractivity contribution in [2.75, 3.05) is 309 Å². The van der Waals surface area contributed by atoms with Crippen molar-refractivity contribution >= 4 is 0 Å². The van der Waals surface area contributed by atoms with Crippen molar-refractivity contribution in [2.45, 2.75) is 78.9 Å². The smallest absolute Gasteiger partial charge is 0.119 e. The van der Waals surface area contributed by atoms with Crippen molar-refractivity contribution in [1.29, 1.82) is 0 Å². The highest BCUT2D eigenvalue weighted by atomic mass is 16.6. The van der Waals surface area contributed by atoms with E-state index in [0.717, 1.165) is 183 Å². The van der Waals surface area contributed by atoms with Crippen LogP contribution < -0.4 is 122 Å². The second kappa shape index (κ2) is 70.8. The first-order valence-corrected chi connectivity index (χ1v) is 51.7. The molecule has 0 radical (unpaired) electrons. The van der Waals surface area contributed by atoms with Crippen LogP contribution in [-0.4, -0.2) is 408 Å². The Labute approximate surface area is 859 Å². The molecular formula is C108H172N20O17. The monoisotopic (exact) mass is 2020 g/mol. The zero-order valence-electron chi connectivity index (χ0n) is 85.4. The highest BCUT2D eigenvalue weighted by Gasteiger charge is 2.34. The van der Waals surface area contributed by atoms with Gasteiger partial charge in [-0.2, -0.15) is 0 Å². The fraction of sp³-hybridized carbons (Fsp3) is 0.556. The number of nitrogens with zero attached hydrogens (tertiary/aromatic N) is 5. The summed E-state index contributed by atoms with van der Waals surface area (Å²) in [4.78, 5) is 10.9. The van der Waals surface area contributed by atoms with E-state index in [4.69, 9.17) is 125 Å². The number of aliphatic hydroxyl groups excluding tert-OH is 5. The number of benzene rings is 8. The van der Waals surface area contributed by atoms with E-state index in [1.165, 1.54) is 22.3 Å². The minimum absolute atomic E-state index is 0.0111. The average Bonchev–Trinajstić information content (AvgIpc) is 1.74. The van der Waals surface area contributed by atoms with Crippen LogP contribution in [0.5, 0.6) is 46.0 Å². The van der Waals surface area contributed by atoms with E-state index in [1.807, 2.05) is 48.5 Å². The third-order valence-electron chi connectivity index (χ3n) is 24.8. The Kier molecular flexibility index (Phi) is 58.4. The van der Waals surface area contributed by atoms with Crippen LogP contribution in [0.4, 0.5) is 0 Å². The number of nitrogens with one attached hydrogen (secondary N) is 4. The van der Waals surface area contributed by atoms with E-state index in [9.17, 15) is 20.4 Å². The van der Waals surface area contributed by atoms with Crippen LogP contribution in [0.3, 0.4) is 0 Å². The predicted molar refractivity (Wildman–Crippen MR) is 572 cm³/mol. The number of ether oxygens (including phenoxy) is 12. The Morgan fingerprint density at radius 3 is 0.566 bits per heavy atom. The molecule has 806 valence electrons. The topological polar surface area (TPSA) is 576 Å². The van der Waals surface area contributed by atoms with E-state index >= 15 is 0 Å². The number of hydrogen-bond donors (Lipinski definition) is 20. The van der Waals surface area contributed by atoms with Gasteiger partial charge in [0, 0.05) is 260 Å². The lowest BCUT2D eigenvalue weighted by Gasteiger charge is -2.30. The number of aliphatic hydroxyl groups is 5. The number of nitrogens with two attached hydrogens (primary N) is 11. The molecule has 4 saturated heterocycles. The zero-order chi connectivity index (χ0) is 103. The molecule has 0 bridgehead atoms. The molecule has 31 N–H and O–H groups in total. The molecule has 12 rings (SSSR count). The SMILES string of the molecule is CO.NCCN(CCN)CCN.NCCN(CCN)CCNCC(O)COc1ccc(C(c2ccc(OCC(O)CNCCN(CCN)CCN)cc2)C(c2ccc(OCC(O)CNCCN(CCN)CCN)cc2)c2ccc(OCC(O)CNCCN(CCN)CCN)cc2)cc1.c1cc(C(c2ccc(OCC3CO3)cc2)C(c2ccc(OCC3CO3)cc2)c2ccc(OCC3CO3)cc2)ccc1OCCC1CO1. The molecule has 37 nitrogen and oxygen atoms in total. The summed E-state index contributed by atoms with van der Waals surface area (Å²) in [5.74, 6) is 5.22. The Morgan fingerprint density at radius 1 is 0.241 bits per heavy atom. The lowest BCUT2D eigenvalue weighted by atomic mass is 9.73. The molecule has 4 heterocycles. The summed E-state index contributed by atoms with van der Waals surface area (Å²) in [5, 5.41) is 63.8. The molecule has 0 aliphatic carbocycles. The van der Waals surface area contributed by atoms with E-state index < -0.39 is 24.4 Å². The zero-order valence-corrected chi connectivity index (χ0v) is 85.4. The third-order valence-corrected chi connectivity index (χ3v) is 24.8.